The van der Waals surface area contributed by atoms with Gasteiger partial charge in [0.25, 0.3) is 0 Å². The number of aliphatic hydroxyl groups is 1. The number of carbonyl (C=O) groups is 1. The molecule has 5 nitrogen and oxygen atoms in total. The van der Waals surface area contributed by atoms with Crippen molar-refractivity contribution < 1.29 is 9.90 Å². The van der Waals surface area contributed by atoms with Crippen LogP contribution in [0, 0.1) is 5.92 Å². The minimum atomic E-state index is -0.423. The van der Waals surface area contributed by atoms with E-state index >= 15 is 0 Å². The molecule has 1 fully saturated rings. The highest BCUT2D eigenvalue weighted by Gasteiger charge is 2.22. The Morgan fingerprint density at radius 2 is 2.00 bits per heavy atom. The maximum atomic E-state index is 11.1. The highest BCUT2D eigenvalue weighted by atomic mass is 32.1. The van der Waals surface area contributed by atoms with Crippen LogP contribution in [-0.2, 0) is 6.54 Å². The van der Waals surface area contributed by atoms with Crippen molar-refractivity contribution in [1.82, 2.24) is 10.3 Å². The summed E-state index contributed by atoms with van der Waals surface area (Å²) in [6.45, 7) is 0.841. The third-order valence-electron chi connectivity index (χ3n) is 4.93. The van der Waals surface area contributed by atoms with Gasteiger partial charge in [-0.05, 0) is 30.9 Å². The van der Waals surface area contributed by atoms with E-state index in [1.165, 1.54) is 32.1 Å². The van der Waals surface area contributed by atoms with Gasteiger partial charge >= 0.3 is 0 Å². The Kier molecular flexibility index (Phi) is 6.18. The molecule has 1 aromatic heterocycles. The van der Waals surface area contributed by atoms with E-state index in [2.05, 4.69) is 10.3 Å². The summed E-state index contributed by atoms with van der Waals surface area (Å²) in [4.78, 5) is 15.8. The topological polar surface area (TPSA) is 88.2 Å². The Hall–Kier alpha value is -1.76. The number of thiazole rings is 1. The number of primary amides is 1. The maximum absolute atomic E-state index is 11.1. The first-order valence-electron chi connectivity index (χ1n) is 8.86. The number of carbonyl (C=O) groups excluding carboxylic acids is 1. The number of hydrogen-bond donors (Lipinski definition) is 3. The molecule has 0 spiro atoms. The van der Waals surface area contributed by atoms with Gasteiger partial charge in [0.2, 0.25) is 5.91 Å². The van der Waals surface area contributed by atoms with Crippen molar-refractivity contribution in [3.05, 3.63) is 40.9 Å². The van der Waals surface area contributed by atoms with Gasteiger partial charge in [0.1, 0.15) is 5.01 Å². The number of nitrogens with two attached hydrogens (primary N) is 1. The third-order valence-corrected chi connectivity index (χ3v) is 5.87. The summed E-state index contributed by atoms with van der Waals surface area (Å²) in [5.41, 5.74) is 7.73. The van der Waals surface area contributed by atoms with Crippen LogP contribution in [0.2, 0.25) is 0 Å². The largest absolute Gasteiger partial charge is 0.395 e. The van der Waals surface area contributed by atoms with Crippen LogP contribution in [0.25, 0.3) is 10.6 Å². The van der Waals surface area contributed by atoms with Crippen molar-refractivity contribution >= 4 is 17.2 Å². The SMILES string of the molecule is NC(=O)c1ccc(-c2nc(CNC(CO)C3CCCCC3)cs2)cc1. The van der Waals surface area contributed by atoms with Gasteiger partial charge in [-0.15, -0.1) is 11.3 Å². The monoisotopic (exact) mass is 359 g/mol. The number of amides is 1. The van der Waals surface area contributed by atoms with Crippen molar-refractivity contribution in [3.8, 4) is 10.6 Å². The predicted molar refractivity (Wildman–Crippen MR) is 100 cm³/mol. The standard InChI is InChI=1S/C19H25N3O2S/c20-18(24)14-6-8-15(9-7-14)19-22-16(12-25-19)10-21-17(11-23)13-4-2-1-3-5-13/h6-9,12-13,17,21,23H,1-5,10-11H2,(H2,20,24). The molecule has 0 radical (unpaired) electrons. The van der Waals surface area contributed by atoms with Gasteiger partial charge < -0.3 is 16.2 Å². The van der Waals surface area contributed by atoms with E-state index in [0.717, 1.165) is 16.3 Å². The molecule has 1 atom stereocenters. The highest BCUT2D eigenvalue weighted by Crippen LogP contribution is 2.27. The quantitative estimate of drug-likeness (QED) is 0.709. The normalized spacial score (nSPS) is 16.7. The van der Waals surface area contributed by atoms with Crippen LogP contribution in [-0.4, -0.2) is 28.6 Å². The summed E-state index contributed by atoms with van der Waals surface area (Å²) in [5, 5.41) is 16.1. The number of rotatable bonds is 7. The van der Waals surface area contributed by atoms with Gasteiger partial charge in [-0.25, -0.2) is 4.98 Å². The molecule has 1 saturated carbocycles. The second kappa shape index (κ2) is 8.56. The van der Waals surface area contributed by atoms with Gasteiger partial charge in [-0.1, -0.05) is 31.4 Å². The van der Waals surface area contributed by atoms with E-state index in [-0.39, 0.29) is 12.6 Å². The zero-order valence-electron chi connectivity index (χ0n) is 14.3. The first-order valence-corrected chi connectivity index (χ1v) is 9.74. The first kappa shape index (κ1) is 18.0. The number of aromatic nitrogens is 1. The Bertz CT molecular complexity index is 693. The van der Waals surface area contributed by atoms with E-state index in [0.29, 0.717) is 18.0 Å². The lowest BCUT2D eigenvalue weighted by atomic mass is 9.84. The summed E-state index contributed by atoms with van der Waals surface area (Å²) >= 11 is 1.58. The average molecular weight is 359 g/mol. The van der Waals surface area contributed by atoms with Crippen LogP contribution in [0.1, 0.15) is 48.2 Å². The average Bonchev–Trinajstić information content (AvgIpc) is 3.12. The molecule has 1 aliphatic carbocycles. The lowest BCUT2D eigenvalue weighted by Gasteiger charge is -2.29. The molecular weight excluding hydrogens is 334 g/mol. The van der Waals surface area contributed by atoms with Gasteiger partial charge in [0.05, 0.1) is 12.3 Å². The van der Waals surface area contributed by atoms with E-state index in [4.69, 9.17) is 5.73 Å². The molecule has 134 valence electrons. The molecule has 1 aliphatic rings. The van der Waals surface area contributed by atoms with E-state index < -0.39 is 5.91 Å². The highest BCUT2D eigenvalue weighted by molar-refractivity contribution is 7.13. The van der Waals surface area contributed by atoms with Crippen LogP contribution in [0.3, 0.4) is 0 Å². The summed E-state index contributed by atoms with van der Waals surface area (Å²) in [7, 11) is 0. The van der Waals surface area contributed by atoms with E-state index in [1.807, 2.05) is 17.5 Å². The molecule has 2 aromatic rings. The fourth-order valence-corrected chi connectivity index (χ4v) is 4.28. The second-order valence-electron chi connectivity index (χ2n) is 6.65. The van der Waals surface area contributed by atoms with Gasteiger partial charge in [-0.3, -0.25) is 4.79 Å². The molecule has 1 amide bonds. The Morgan fingerprint density at radius 3 is 2.64 bits per heavy atom. The molecule has 4 N–H and O–H groups in total. The Morgan fingerprint density at radius 1 is 1.28 bits per heavy atom. The number of nitrogens with zero attached hydrogens (tertiary/aromatic N) is 1. The van der Waals surface area contributed by atoms with E-state index in [1.54, 1.807) is 23.5 Å². The molecule has 0 saturated heterocycles. The molecule has 25 heavy (non-hydrogen) atoms. The first-order chi connectivity index (χ1) is 12.2. The molecule has 3 rings (SSSR count). The predicted octanol–water partition coefficient (Wildman–Crippen LogP) is 2.94. The minimum Gasteiger partial charge on any atom is -0.395 e. The van der Waals surface area contributed by atoms with Gasteiger partial charge in [-0.2, -0.15) is 0 Å². The van der Waals surface area contributed by atoms with Gasteiger partial charge in [0.15, 0.2) is 0 Å². The Balaban J connectivity index is 1.60. The lowest BCUT2D eigenvalue weighted by Crippen LogP contribution is -2.39. The zero-order chi connectivity index (χ0) is 17.6. The molecule has 1 unspecified atom stereocenters. The lowest BCUT2D eigenvalue weighted by molar-refractivity contribution is 0.100. The van der Waals surface area contributed by atoms with Crippen molar-refractivity contribution in [2.45, 2.75) is 44.7 Å². The zero-order valence-corrected chi connectivity index (χ0v) is 15.1. The summed E-state index contributed by atoms with van der Waals surface area (Å²) in [5.74, 6) is 0.145. The molecule has 1 heterocycles. The van der Waals surface area contributed by atoms with Crippen LogP contribution in [0.5, 0.6) is 0 Å². The van der Waals surface area contributed by atoms with Crippen LogP contribution in [0.15, 0.2) is 29.6 Å². The molecular formula is C19H25N3O2S. The number of hydrogen-bond acceptors (Lipinski definition) is 5. The summed E-state index contributed by atoms with van der Waals surface area (Å²) in [6.07, 6.45) is 6.26. The molecule has 0 bridgehead atoms. The van der Waals surface area contributed by atoms with Crippen molar-refractivity contribution in [3.63, 3.8) is 0 Å². The van der Waals surface area contributed by atoms with Crippen molar-refractivity contribution in [1.29, 1.82) is 0 Å². The van der Waals surface area contributed by atoms with Gasteiger partial charge in [0, 0.05) is 29.1 Å². The fourth-order valence-electron chi connectivity index (χ4n) is 3.45. The number of benzene rings is 1. The summed E-state index contributed by atoms with van der Waals surface area (Å²) in [6, 6.07) is 7.34. The second-order valence-corrected chi connectivity index (χ2v) is 7.51. The van der Waals surface area contributed by atoms with Crippen molar-refractivity contribution in [2.24, 2.45) is 11.7 Å². The Labute approximate surface area is 152 Å². The number of nitrogens with one attached hydrogen (secondary N) is 1. The van der Waals surface area contributed by atoms with Crippen LogP contribution >= 0.6 is 11.3 Å². The van der Waals surface area contributed by atoms with Crippen LogP contribution in [0.4, 0.5) is 0 Å². The van der Waals surface area contributed by atoms with Crippen LogP contribution < -0.4 is 11.1 Å². The summed E-state index contributed by atoms with van der Waals surface area (Å²) < 4.78 is 0. The molecule has 6 heteroatoms. The van der Waals surface area contributed by atoms with E-state index in [9.17, 15) is 9.90 Å². The third kappa shape index (κ3) is 4.66. The minimum absolute atomic E-state index is 0.153. The fraction of sp³-hybridized carbons (Fsp3) is 0.474. The van der Waals surface area contributed by atoms with Crippen molar-refractivity contribution in [2.75, 3.05) is 6.61 Å². The maximum Gasteiger partial charge on any atom is 0.248 e. The molecule has 0 aliphatic heterocycles. The molecule has 1 aromatic carbocycles. The smallest absolute Gasteiger partial charge is 0.248 e. The number of aliphatic hydroxyl groups excluding tert-OH is 1.